The third kappa shape index (κ3) is 4.93. The van der Waals surface area contributed by atoms with Crippen molar-refractivity contribution in [1.29, 1.82) is 0 Å². The Morgan fingerprint density at radius 2 is 1.95 bits per heavy atom. The van der Waals surface area contributed by atoms with E-state index in [0.29, 0.717) is 23.8 Å². The first-order valence-electron chi connectivity index (χ1n) is 6.71. The van der Waals surface area contributed by atoms with Crippen LogP contribution >= 0.6 is 11.6 Å². The van der Waals surface area contributed by atoms with E-state index in [1.165, 1.54) is 6.20 Å². The first-order chi connectivity index (χ1) is 10.2. The van der Waals surface area contributed by atoms with E-state index in [1.54, 1.807) is 12.1 Å². The van der Waals surface area contributed by atoms with Gasteiger partial charge in [-0.15, -0.1) is 0 Å². The minimum absolute atomic E-state index is 0.00810. The summed E-state index contributed by atoms with van der Waals surface area (Å²) in [4.78, 5) is 18.1. The zero-order valence-corrected chi connectivity index (χ0v) is 12.3. The molecule has 21 heavy (non-hydrogen) atoms. The maximum atomic E-state index is 12.2. The molecule has 0 radical (unpaired) electrons. The van der Waals surface area contributed by atoms with Gasteiger partial charge >= 0.3 is 0 Å². The Balaban J connectivity index is 2.02. The number of rotatable bonds is 7. The smallest absolute Gasteiger partial charge is 0.195 e. The molecule has 0 fully saturated rings. The van der Waals surface area contributed by atoms with Crippen molar-refractivity contribution in [2.45, 2.75) is 6.54 Å². The normalized spacial score (nSPS) is 10.8. The first kappa shape index (κ1) is 15.6. The van der Waals surface area contributed by atoms with Crippen LogP contribution in [0.5, 0.6) is 0 Å². The van der Waals surface area contributed by atoms with Gasteiger partial charge < -0.3 is 5.11 Å². The van der Waals surface area contributed by atoms with Crippen molar-refractivity contribution >= 4 is 17.4 Å². The van der Waals surface area contributed by atoms with Crippen molar-refractivity contribution in [3.05, 3.63) is 64.9 Å². The number of pyridine rings is 1. The fourth-order valence-electron chi connectivity index (χ4n) is 2.02. The molecular weight excluding hydrogens is 288 g/mol. The van der Waals surface area contributed by atoms with Gasteiger partial charge in [0.25, 0.3) is 0 Å². The molecule has 0 aliphatic carbocycles. The first-order valence-corrected chi connectivity index (χ1v) is 7.08. The lowest BCUT2D eigenvalue weighted by Crippen LogP contribution is -2.32. The van der Waals surface area contributed by atoms with Crippen LogP contribution in [0.3, 0.4) is 0 Å². The lowest BCUT2D eigenvalue weighted by atomic mass is 10.2. The molecule has 4 nitrogen and oxygen atoms in total. The number of ketones is 1. The molecule has 1 N–H and O–H groups in total. The van der Waals surface area contributed by atoms with Crippen molar-refractivity contribution < 1.29 is 9.90 Å². The number of aromatic nitrogens is 1. The molecule has 1 aromatic heterocycles. The number of benzene rings is 1. The lowest BCUT2D eigenvalue weighted by Gasteiger charge is -2.20. The van der Waals surface area contributed by atoms with Crippen LogP contribution in [-0.4, -0.2) is 40.5 Å². The Kier molecular flexibility index (Phi) is 5.87. The molecule has 0 atom stereocenters. The van der Waals surface area contributed by atoms with Crippen molar-refractivity contribution in [3.63, 3.8) is 0 Å². The second kappa shape index (κ2) is 7.88. The summed E-state index contributed by atoms with van der Waals surface area (Å²) in [6.07, 6.45) is 1.46. The van der Waals surface area contributed by atoms with Crippen molar-refractivity contribution in [3.8, 4) is 0 Å². The molecule has 1 heterocycles. The van der Waals surface area contributed by atoms with E-state index in [0.717, 1.165) is 5.56 Å². The molecular formula is C16H17ClN2O2. The fourth-order valence-corrected chi connectivity index (χ4v) is 2.13. The summed E-state index contributed by atoms with van der Waals surface area (Å²) in [5.41, 5.74) is 1.48. The van der Waals surface area contributed by atoms with Crippen LogP contribution in [-0.2, 0) is 6.54 Å². The van der Waals surface area contributed by atoms with E-state index in [4.69, 9.17) is 16.7 Å². The van der Waals surface area contributed by atoms with Crippen molar-refractivity contribution in [1.82, 2.24) is 9.88 Å². The second-order valence-electron chi connectivity index (χ2n) is 4.70. The molecule has 0 saturated carbocycles. The minimum Gasteiger partial charge on any atom is -0.395 e. The number of halogens is 1. The van der Waals surface area contributed by atoms with Gasteiger partial charge in [0.2, 0.25) is 0 Å². The number of carbonyl (C=O) groups excluding carboxylic acids is 1. The maximum Gasteiger partial charge on any atom is 0.195 e. The largest absolute Gasteiger partial charge is 0.395 e. The third-order valence-electron chi connectivity index (χ3n) is 3.05. The van der Waals surface area contributed by atoms with E-state index in [2.05, 4.69) is 4.98 Å². The Labute approximate surface area is 129 Å². The summed E-state index contributed by atoms with van der Waals surface area (Å²) in [7, 11) is 0. The number of hydrogen-bond donors (Lipinski definition) is 1. The lowest BCUT2D eigenvalue weighted by molar-refractivity contribution is 0.0903. The number of carbonyl (C=O) groups is 1. The van der Waals surface area contributed by atoms with Gasteiger partial charge in [0.1, 0.15) is 5.69 Å². The van der Waals surface area contributed by atoms with Crippen LogP contribution in [0.1, 0.15) is 16.1 Å². The number of aliphatic hydroxyl groups is 1. The zero-order valence-electron chi connectivity index (χ0n) is 11.6. The monoisotopic (exact) mass is 304 g/mol. The quantitative estimate of drug-likeness (QED) is 0.798. The number of nitrogens with zero attached hydrogens (tertiary/aromatic N) is 2. The standard InChI is InChI=1S/C16H17ClN2O2/c17-14-6-7-15(18-10-14)16(21)12-19(8-9-20)11-13-4-2-1-3-5-13/h1-7,10,20H,8-9,11-12H2. The predicted octanol–water partition coefficient (Wildman–Crippen LogP) is 2.41. The molecule has 1 aromatic carbocycles. The van der Waals surface area contributed by atoms with Crippen LogP contribution in [0.25, 0.3) is 0 Å². The highest BCUT2D eigenvalue weighted by Crippen LogP contribution is 2.09. The van der Waals surface area contributed by atoms with Crippen LogP contribution in [0, 0.1) is 0 Å². The maximum absolute atomic E-state index is 12.2. The minimum atomic E-state index is -0.0870. The molecule has 0 unspecified atom stereocenters. The predicted molar refractivity (Wildman–Crippen MR) is 82.4 cm³/mol. The Morgan fingerprint density at radius 1 is 1.19 bits per heavy atom. The average molecular weight is 305 g/mol. The Bertz CT molecular complexity index is 573. The molecule has 0 amide bonds. The highest BCUT2D eigenvalue weighted by Gasteiger charge is 2.13. The number of Topliss-reactive ketones (excluding diaryl/α,β-unsaturated/α-hetero) is 1. The van der Waals surface area contributed by atoms with Gasteiger partial charge in [-0.1, -0.05) is 41.9 Å². The summed E-state index contributed by atoms with van der Waals surface area (Å²) in [5.74, 6) is -0.0870. The van der Waals surface area contributed by atoms with Gasteiger partial charge in [-0.05, 0) is 17.7 Å². The average Bonchev–Trinajstić information content (AvgIpc) is 2.49. The molecule has 0 aliphatic rings. The van der Waals surface area contributed by atoms with Crippen LogP contribution in [0.4, 0.5) is 0 Å². The van der Waals surface area contributed by atoms with E-state index in [9.17, 15) is 4.79 Å². The molecule has 2 rings (SSSR count). The molecule has 0 saturated heterocycles. The van der Waals surface area contributed by atoms with Crippen molar-refractivity contribution in [2.24, 2.45) is 0 Å². The van der Waals surface area contributed by atoms with Crippen LogP contribution in [0.15, 0.2) is 48.7 Å². The van der Waals surface area contributed by atoms with E-state index < -0.39 is 0 Å². The van der Waals surface area contributed by atoms with Crippen molar-refractivity contribution in [2.75, 3.05) is 19.7 Å². The summed E-state index contributed by atoms with van der Waals surface area (Å²) in [6, 6.07) is 13.1. The van der Waals surface area contributed by atoms with Gasteiger partial charge in [-0.25, -0.2) is 0 Å². The highest BCUT2D eigenvalue weighted by molar-refractivity contribution is 6.30. The Hall–Kier alpha value is -1.75. The van der Waals surface area contributed by atoms with E-state index in [1.807, 2.05) is 35.2 Å². The molecule has 0 bridgehead atoms. The molecule has 0 aliphatic heterocycles. The number of hydrogen-bond acceptors (Lipinski definition) is 4. The van der Waals surface area contributed by atoms with Gasteiger partial charge in [0.15, 0.2) is 5.78 Å². The summed E-state index contributed by atoms with van der Waals surface area (Å²) >= 11 is 5.76. The summed E-state index contributed by atoms with van der Waals surface area (Å²) in [6.45, 7) is 1.27. The number of aliphatic hydroxyl groups excluding tert-OH is 1. The molecule has 110 valence electrons. The van der Waals surface area contributed by atoms with Crippen LogP contribution in [0.2, 0.25) is 5.02 Å². The molecule has 0 spiro atoms. The van der Waals surface area contributed by atoms with Gasteiger partial charge in [-0.2, -0.15) is 0 Å². The van der Waals surface area contributed by atoms with Gasteiger partial charge in [-0.3, -0.25) is 14.7 Å². The third-order valence-corrected chi connectivity index (χ3v) is 3.27. The summed E-state index contributed by atoms with van der Waals surface area (Å²) in [5, 5.41) is 9.65. The van der Waals surface area contributed by atoms with Gasteiger partial charge in [0.05, 0.1) is 18.2 Å². The zero-order chi connectivity index (χ0) is 15.1. The van der Waals surface area contributed by atoms with Gasteiger partial charge in [0, 0.05) is 19.3 Å². The molecule has 5 heteroatoms. The summed E-state index contributed by atoms with van der Waals surface area (Å²) < 4.78 is 0. The van der Waals surface area contributed by atoms with E-state index >= 15 is 0 Å². The Morgan fingerprint density at radius 3 is 2.57 bits per heavy atom. The van der Waals surface area contributed by atoms with E-state index in [-0.39, 0.29) is 18.9 Å². The second-order valence-corrected chi connectivity index (χ2v) is 5.14. The SMILES string of the molecule is O=C(CN(CCO)Cc1ccccc1)c1ccc(Cl)cn1. The molecule has 2 aromatic rings. The topological polar surface area (TPSA) is 53.4 Å². The fraction of sp³-hybridized carbons (Fsp3) is 0.250. The highest BCUT2D eigenvalue weighted by atomic mass is 35.5. The van der Waals surface area contributed by atoms with Crippen LogP contribution < -0.4 is 0 Å².